The Bertz CT molecular complexity index is 963. The third-order valence-electron chi connectivity index (χ3n) is 5.71. The quantitative estimate of drug-likeness (QED) is 0.234. The highest BCUT2D eigenvalue weighted by Gasteiger charge is 2.32. The summed E-state index contributed by atoms with van der Waals surface area (Å²) < 4.78 is 10.7. The van der Waals surface area contributed by atoms with Crippen molar-refractivity contribution in [2.45, 2.75) is 44.8 Å². The van der Waals surface area contributed by atoms with Gasteiger partial charge in [-0.1, -0.05) is 30.2 Å². The van der Waals surface area contributed by atoms with E-state index in [1.807, 2.05) is 47.4 Å². The van der Waals surface area contributed by atoms with Crippen molar-refractivity contribution in [2.75, 3.05) is 38.8 Å². The zero-order chi connectivity index (χ0) is 25.8. The van der Waals surface area contributed by atoms with E-state index in [1.165, 1.54) is 6.42 Å². The first-order chi connectivity index (χ1) is 16.9. The summed E-state index contributed by atoms with van der Waals surface area (Å²) >= 11 is 6.08. The van der Waals surface area contributed by atoms with Gasteiger partial charge in [0.15, 0.2) is 0 Å². The van der Waals surface area contributed by atoms with Gasteiger partial charge in [-0.15, -0.1) is 0 Å². The highest BCUT2D eigenvalue weighted by atomic mass is 35.5. The highest BCUT2D eigenvalue weighted by molar-refractivity contribution is 6.30. The molecule has 0 spiro atoms. The Labute approximate surface area is 213 Å². The van der Waals surface area contributed by atoms with Crippen LogP contribution in [0.25, 0.3) is 0 Å². The molecular formula is C26H39ClN6O2. The van der Waals surface area contributed by atoms with Crippen LogP contribution in [0.5, 0.6) is 5.75 Å². The summed E-state index contributed by atoms with van der Waals surface area (Å²) in [7, 11) is 3.29. The minimum atomic E-state index is -0.482. The van der Waals surface area contributed by atoms with Crippen LogP contribution in [0.3, 0.4) is 0 Å². The van der Waals surface area contributed by atoms with Crippen molar-refractivity contribution in [2.24, 2.45) is 22.2 Å². The van der Waals surface area contributed by atoms with E-state index >= 15 is 0 Å². The molecule has 0 radical (unpaired) electrons. The Kier molecular flexibility index (Phi) is 12.2. The first-order valence-corrected chi connectivity index (χ1v) is 12.3. The van der Waals surface area contributed by atoms with Crippen molar-refractivity contribution < 1.29 is 9.47 Å². The summed E-state index contributed by atoms with van der Waals surface area (Å²) in [6.07, 6.45) is 3.59. The lowest BCUT2D eigenvalue weighted by molar-refractivity contribution is 0.185. The van der Waals surface area contributed by atoms with Crippen molar-refractivity contribution in [3.05, 3.63) is 58.6 Å². The molecular weight excluding hydrogens is 464 g/mol. The summed E-state index contributed by atoms with van der Waals surface area (Å²) in [5, 5.41) is 8.99. The summed E-state index contributed by atoms with van der Waals surface area (Å²) in [4.78, 5) is 6.84. The average molecular weight is 503 g/mol. The van der Waals surface area contributed by atoms with Crippen LogP contribution < -0.4 is 26.8 Å². The number of amidine groups is 1. The van der Waals surface area contributed by atoms with Gasteiger partial charge in [0, 0.05) is 29.9 Å². The van der Waals surface area contributed by atoms with Gasteiger partial charge >= 0.3 is 0 Å². The van der Waals surface area contributed by atoms with E-state index in [9.17, 15) is 0 Å². The van der Waals surface area contributed by atoms with Crippen LogP contribution >= 0.6 is 11.6 Å². The second kappa shape index (κ2) is 14.8. The maximum atomic E-state index is 8.33. The van der Waals surface area contributed by atoms with E-state index in [-0.39, 0.29) is 6.04 Å². The molecule has 35 heavy (non-hydrogen) atoms. The number of ether oxygens (including phenoxy) is 2. The molecule has 1 aliphatic rings. The van der Waals surface area contributed by atoms with Crippen molar-refractivity contribution in [3.8, 4) is 5.75 Å². The van der Waals surface area contributed by atoms with Crippen LogP contribution in [0.15, 0.2) is 47.5 Å². The molecule has 0 bridgehead atoms. The Morgan fingerprint density at radius 3 is 2.26 bits per heavy atom. The second-order valence-corrected chi connectivity index (χ2v) is 8.74. The molecule has 192 valence electrons. The van der Waals surface area contributed by atoms with Crippen LogP contribution in [0.2, 0.25) is 5.02 Å². The zero-order valence-corrected chi connectivity index (χ0v) is 21.7. The molecule has 1 aliphatic heterocycles. The number of nitrogens with one attached hydrogen (secondary N) is 1. The predicted molar refractivity (Wildman–Crippen MR) is 146 cm³/mol. The molecule has 1 heterocycles. The summed E-state index contributed by atoms with van der Waals surface area (Å²) in [5.41, 5.74) is 20.5. The molecule has 2 atom stereocenters. The second-order valence-electron chi connectivity index (χ2n) is 8.30. The number of halogens is 1. The number of nitrogens with two attached hydrogens (primary N) is 3. The fraction of sp³-hybridized carbons (Fsp3) is 0.462. The smallest absolute Gasteiger partial charge is 0.119 e. The summed E-state index contributed by atoms with van der Waals surface area (Å²) in [6.45, 7) is 3.87. The van der Waals surface area contributed by atoms with Crippen molar-refractivity contribution >= 4 is 28.8 Å². The molecule has 8 nitrogen and oxygen atoms in total. The van der Waals surface area contributed by atoms with Gasteiger partial charge in [-0.3, -0.25) is 10.4 Å². The van der Waals surface area contributed by atoms with Gasteiger partial charge in [0.2, 0.25) is 0 Å². The number of unbranched alkanes of at least 4 members (excludes halogenated alkanes) is 2. The topological polar surface area (TPSA) is 136 Å². The monoisotopic (exact) mass is 502 g/mol. The fourth-order valence-corrected chi connectivity index (χ4v) is 3.99. The number of hydrogen-bond acceptors (Lipinski definition) is 7. The molecule has 0 aliphatic carbocycles. The average Bonchev–Trinajstić information content (AvgIpc) is 2.97. The Balaban J connectivity index is 0.000000540. The van der Waals surface area contributed by atoms with Gasteiger partial charge in [-0.05, 0) is 69.6 Å². The van der Waals surface area contributed by atoms with Gasteiger partial charge in [-0.2, -0.15) is 0 Å². The number of anilines is 1. The highest BCUT2D eigenvalue weighted by Crippen LogP contribution is 2.33. The number of rotatable bonds is 9. The van der Waals surface area contributed by atoms with Gasteiger partial charge < -0.3 is 31.6 Å². The predicted octanol–water partition coefficient (Wildman–Crippen LogP) is 3.77. The molecule has 2 aromatic rings. The first kappa shape index (κ1) is 28.7. The standard InChI is InChI=1S/C21H25ClN4O2.C5H14N2/c1-13(23)26-19-9-8-16(28-3)12-17(19)20(14-4-6-15(22)7-5-14)25-18(21(26)24)10-11-27-2;6-4-2-1-3-5-7/h4-9,12,18,21,23H,10-11,24H2,1-3H3;1-7H2/t18-,21?;/m0./s1. The first-order valence-electron chi connectivity index (χ1n) is 11.9. The zero-order valence-electron chi connectivity index (χ0n) is 21.0. The minimum absolute atomic E-state index is 0.246. The van der Waals surface area contributed by atoms with Gasteiger partial charge in [0.25, 0.3) is 0 Å². The minimum Gasteiger partial charge on any atom is -0.497 e. The lowest BCUT2D eigenvalue weighted by atomic mass is 9.99. The van der Waals surface area contributed by atoms with Gasteiger partial charge in [-0.25, -0.2) is 0 Å². The van der Waals surface area contributed by atoms with Gasteiger partial charge in [0.05, 0.1) is 30.4 Å². The third-order valence-corrected chi connectivity index (χ3v) is 5.96. The number of methoxy groups -OCH3 is 2. The van der Waals surface area contributed by atoms with Crippen LogP contribution in [0, 0.1) is 5.41 Å². The molecule has 0 fully saturated rings. The van der Waals surface area contributed by atoms with Crippen LogP contribution in [0.4, 0.5) is 5.69 Å². The number of hydrogen-bond donors (Lipinski definition) is 4. The molecule has 3 rings (SSSR count). The molecule has 0 saturated heterocycles. The maximum absolute atomic E-state index is 8.33. The van der Waals surface area contributed by atoms with Crippen LogP contribution in [-0.4, -0.2) is 57.7 Å². The molecule has 9 heteroatoms. The van der Waals surface area contributed by atoms with Crippen molar-refractivity contribution in [1.82, 2.24) is 0 Å². The molecule has 0 amide bonds. The largest absolute Gasteiger partial charge is 0.497 e. The summed E-state index contributed by atoms with van der Waals surface area (Å²) in [6, 6.07) is 13.1. The molecule has 7 N–H and O–H groups in total. The van der Waals surface area contributed by atoms with E-state index in [4.69, 9.17) is 48.7 Å². The maximum Gasteiger partial charge on any atom is 0.119 e. The Morgan fingerprint density at radius 2 is 1.71 bits per heavy atom. The van der Waals surface area contributed by atoms with E-state index in [1.54, 1.807) is 21.1 Å². The normalized spacial score (nSPS) is 17.0. The van der Waals surface area contributed by atoms with Crippen molar-refractivity contribution in [3.63, 3.8) is 0 Å². The Morgan fingerprint density at radius 1 is 1.06 bits per heavy atom. The molecule has 2 aromatic carbocycles. The lowest BCUT2D eigenvalue weighted by Crippen LogP contribution is -2.51. The van der Waals surface area contributed by atoms with Gasteiger partial charge in [0.1, 0.15) is 11.9 Å². The van der Waals surface area contributed by atoms with Crippen LogP contribution in [0.1, 0.15) is 43.7 Å². The molecule has 0 aromatic heterocycles. The number of benzodiazepines with no additional fused rings is 1. The SMILES string of the molecule is COCC[C@@H]1N=C(c2ccc(Cl)cc2)c2cc(OC)ccc2N(C(C)=N)C1N.NCCCCCN. The van der Waals surface area contributed by atoms with Crippen LogP contribution in [-0.2, 0) is 4.74 Å². The van der Waals surface area contributed by atoms with E-state index in [0.29, 0.717) is 29.6 Å². The fourth-order valence-electron chi connectivity index (χ4n) is 3.87. The third kappa shape index (κ3) is 8.02. The number of benzene rings is 2. The number of nitrogens with zero attached hydrogens (tertiary/aromatic N) is 2. The van der Waals surface area contributed by atoms with Crippen molar-refractivity contribution in [1.29, 1.82) is 5.41 Å². The molecule has 1 unspecified atom stereocenters. The molecule has 0 saturated carbocycles. The number of fused-ring (bicyclic) bond motifs is 1. The lowest BCUT2D eigenvalue weighted by Gasteiger charge is -2.32. The van der Waals surface area contributed by atoms with E-state index in [0.717, 1.165) is 48.5 Å². The van der Waals surface area contributed by atoms with E-state index < -0.39 is 6.17 Å². The number of aliphatic imine (C=N–C) groups is 1. The Hall–Kier alpha value is -2.49. The summed E-state index contributed by atoms with van der Waals surface area (Å²) in [5.74, 6) is 1.07. The van der Waals surface area contributed by atoms with E-state index in [2.05, 4.69) is 0 Å².